The maximum atomic E-state index is 13.3. The first-order valence-corrected chi connectivity index (χ1v) is 7.85. The highest BCUT2D eigenvalue weighted by molar-refractivity contribution is 9.10. The minimum atomic E-state index is -3.71. The SMILES string of the molecule is C=CCCCN(C)S(=O)(=O)c1cc(Br)c(F)cc1N. The summed E-state index contributed by atoms with van der Waals surface area (Å²) in [6.07, 6.45) is 3.12. The average Bonchev–Trinajstić information content (AvgIpc) is 2.33. The zero-order valence-corrected chi connectivity index (χ0v) is 13.0. The molecule has 0 heterocycles. The summed E-state index contributed by atoms with van der Waals surface area (Å²) in [5, 5.41) is 0. The van der Waals surface area contributed by atoms with Crippen molar-refractivity contribution < 1.29 is 12.8 Å². The minimum Gasteiger partial charge on any atom is -0.398 e. The van der Waals surface area contributed by atoms with E-state index < -0.39 is 15.8 Å². The van der Waals surface area contributed by atoms with E-state index in [0.717, 1.165) is 12.5 Å². The van der Waals surface area contributed by atoms with Crippen molar-refractivity contribution >= 4 is 31.6 Å². The Bertz CT molecular complexity index is 575. The number of hydrogen-bond acceptors (Lipinski definition) is 3. The minimum absolute atomic E-state index is 0.0692. The summed E-state index contributed by atoms with van der Waals surface area (Å²) in [6.45, 7) is 3.93. The zero-order chi connectivity index (χ0) is 14.6. The number of nitrogens with zero attached hydrogens (tertiary/aromatic N) is 1. The molecule has 0 amide bonds. The van der Waals surface area contributed by atoms with E-state index in [1.807, 2.05) is 0 Å². The number of halogens is 2. The molecule has 0 saturated carbocycles. The smallest absolute Gasteiger partial charge is 0.244 e. The van der Waals surface area contributed by atoms with Gasteiger partial charge in [0.05, 0.1) is 10.2 Å². The van der Waals surface area contributed by atoms with Crippen LogP contribution in [0.25, 0.3) is 0 Å². The number of nitrogen functional groups attached to an aromatic ring is 1. The van der Waals surface area contributed by atoms with E-state index in [4.69, 9.17) is 5.73 Å². The van der Waals surface area contributed by atoms with Crippen LogP contribution in [0.5, 0.6) is 0 Å². The van der Waals surface area contributed by atoms with Gasteiger partial charge >= 0.3 is 0 Å². The number of unbranched alkanes of at least 4 members (excludes halogenated alkanes) is 1. The van der Waals surface area contributed by atoms with Crippen LogP contribution in [0, 0.1) is 5.82 Å². The van der Waals surface area contributed by atoms with Crippen molar-refractivity contribution in [2.24, 2.45) is 0 Å². The fourth-order valence-electron chi connectivity index (χ4n) is 1.51. The summed E-state index contributed by atoms with van der Waals surface area (Å²) in [7, 11) is -2.24. The molecule has 4 nitrogen and oxygen atoms in total. The monoisotopic (exact) mass is 350 g/mol. The molecular formula is C12H16BrFN2O2S. The van der Waals surface area contributed by atoms with Gasteiger partial charge in [-0.3, -0.25) is 0 Å². The summed E-state index contributed by atoms with van der Waals surface area (Å²) in [5.74, 6) is -0.592. The van der Waals surface area contributed by atoms with Gasteiger partial charge in [-0.1, -0.05) is 6.08 Å². The maximum absolute atomic E-state index is 13.3. The summed E-state index contributed by atoms with van der Waals surface area (Å²) in [6, 6.07) is 2.18. The molecule has 1 rings (SSSR count). The molecule has 7 heteroatoms. The van der Waals surface area contributed by atoms with Crippen molar-refractivity contribution in [1.82, 2.24) is 4.31 Å². The highest BCUT2D eigenvalue weighted by Gasteiger charge is 2.24. The molecule has 19 heavy (non-hydrogen) atoms. The fraction of sp³-hybridized carbons (Fsp3) is 0.333. The van der Waals surface area contributed by atoms with Crippen molar-refractivity contribution in [3.63, 3.8) is 0 Å². The summed E-state index contributed by atoms with van der Waals surface area (Å²) >= 11 is 2.96. The molecule has 0 aliphatic rings. The largest absolute Gasteiger partial charge is 0.398 e. The zero-order valence-electron chi connectivity index (χ0n) is 10.6. The van der Waals surface area contributed by atoms with Gasteiger partial charge in [0.2, 0.25) is 10.0 Å². The van der Waals surface area contributed by atoms with Crippen LogP contribution in [0.2, 0.25) is 0 Å². The molecule has 0 bridgehead atoms. The van der Waals surface area contributed by atoms with E-state index in [0.29, 0.717) is 13.0 Å². The van der Waals surface area contributed by atoms with Crippen LogP contribution in [-0.4, -0.2) is 26.3 Å². The van der Waals surface area contributed by atoms with Crippen molar-refractivity contribution in [1.29, 1.82) is 0 Å². The molecule has 0 aliphatic carbocycles. The molecule has 1 aromatic carbocycles. The number of nitrogens with two attached hydrogens (primary N) is 1. The van der Waals surface area contributed by atoms with Crippen LogP contribution in [-0.2, 0) is 10.0 Å². The van der Waals surface area contributed by atoms with Gasteiger partial charge in [0.25, 0.3) is 0 Å². The Kier molecular flexibility index (Phi) is 5.51. The van der Waals surface area contributed by atoms with E-state index >= 15 is 0 Å². The van der Waals surface area contributed by atoms with Gasteiger partial charge in [0, 0.05) is 13.6 Å². The second-order valence-electron chi connectivity index (χ2n) is 4.06. The third-order valence-electron chi connectivity index (χ3n) is 2.62. The van der Waals surface area contributed by atoms with Gasteiger partial charge in [-0.15, -0.1) is 6.58 Å². The van der Waals surface area contributed by atoms with E-state index in [9.17, 15) is 12.8 Å². The molecule has 0 saturated heterocycles. The van der Waals surface area contributed by atoms with Crippen LogP contribution >= 0.6 is 15.9 Å². The molecule has 0 aromatic heterocycles. The van der Waals surface area contributed by atoms with Crippen molar-refractivity contribution in [2.75, 3.05) is 19.3 Å². The van der Waals surface area contributed by atoms with Gasteiger partial charge in [0.15, 0.2) is 0 Å². The lowest BCUT2D eigenvalue weighted by atomic mass is 10.3. The second kappa shape index (κ2) is 6.49. The Morgan fingerprint density at radius 2 is 2.16 bits per heavy atom. The van der Waals surface area contributed by atoms with Crippen molar-refractivity contribution in [2.45, 2.75) is 17.7 Å². The Hall–Kier alpha value is -0.920. The molecule has 106 valence electrons. The number of anilines is 1. The summed E-state index contributed by atoms with van der Waals surface area (Å²) < 4.78 is 39.1. The van der Waals surface area contributed by atoms with Crippen LogP contribution in [0.1, 0.15) is 12.8 Å². The summed E-state index contributed by atoms with van der Waals surface area (Å²) in [4.78, 5) is -0.0955. The van der Waals surface area contributed by atoms with Gasteiger partial charge in [-0.2, -0.15) is 0 Å². The van der Waals surface area contributed by atoms with E-state index in [2.05, 4.69) is 22.5 Å². The van der Waals surface area contributed by atoms with Crippen LogP contribution in [0.3, 0.4) is 0 Å². The van der Waals surface area contributed by atoms with Gasteiger partial charge < -0.3 is 5.73 Å². The number of sulfonamides is 1. The molecule has 0 radical (unpaired) electrons. The van der Waals surface area contributed by atoms with Crippen LogP contribution in [0.4, 0.5) is 10.1 Å². The lowest BCUT2D eigenvalue weighted by molar-refractivity contribution is 0.463. The first kappa shape index (κ1) is 16.1. The fourth-order valence-corrected chi connectivity index (χ4v) is 3.34. The van der Waals surface area contributed by atoms with Crippen molar-refractivity contribution in [3.8, 4) is 0 Å². The Morgan fingerprint density at radius 3 is 2.74 bits per heavy atom. The quantitative estimate of drug-likeness (QED) is 0.487. The van der Waals surface area contributed by atoms with Gasteiger partial charge in [-0.05, 0) is 40.9 Å². The van der Waals surface area contributed by atoms with Gasteiger partial charge in [0.1, 0.15) is 10.7 Å². The van der Waals surface area contributed by atoms with Gasteiger partial charge in [-0.25, -0.2) is 17.1 Å². The standard InChI is InChI=1S/C12H16BrFN2O2S/c1-3-4-5-6-16(2)19(17,18)12-7-9(13)10(14)8-11(12)15/h3,7-8H,1,4-6,15H2,2H3. The Balaban J connectivity index is 3.06. The average molecular weight is 351 g/mol. The first-order valence-electron chi connectivity index (χ1n) is 5.62. The molecule has 0 aliphatic heterocycles. The molecule has 0 spiro atoms. The predicted molar refractivity (Wildman–Crippen MR) is 77.8 cm³/mol. The Labute approximate surface area is 121 Å². The third kappa shape index (κ3) is 3.77. The second-order valence-corrected chi connectivity index (χ2v) is 6.93. The highest BCUT2D eigenvalue weighted by Crippen LogP contribution is 2.28. The van der Waals surface area contributed by atoms with E-state index in [-0.39, 0.29) is 15.1 Å². The lowest BCUT2D eigenvalue weighted by Crippen LogP contribution is -2.28. The highest BCUT2D eigenvalue weighted by atomic mass is 79.9. The third-order valence-corrected chi connectivity index (χ3v) is 5.14. The van der Waals surface area contributed by atoms with Crippen LogP contribution in [0.15, 0.2) is 34.2 Å². The molecule has 0 fully saturated rings. The number of hydrogen-bond donors (Lipinski definition) is 1. The predicted octanol–water partition coefficient (Wildman–Crippen LogP) is 2.76. The van der Waals surface area contributed by atoms with E-state index in [1.165, 1.54) is 17.4 Å². The number of rotatable bonds is 6. The Morgan fingerprint density at radius 1 is 1.53 bits per heavy atom. The van der Waals surface area contributed by atoms with Crippen LogP contribution < -0.4 is 5.73 Å². The maximum Gasteiger partial charge on any atom is 0.244 e. The molecule has 0 unspecified atom stereocenters. The molecule has 2 N–H and O–H groups in total. The molecular weight excluding hydrogens is 335 g/mol. The van der Waals surface area contributed by atoms with E-state index in [1.54, 1.807) is 6.08 Å². The normalized spacial score (nSPS) is 11.8. The molecule has 1 aromatic rings. The number of allylic oxidation sites excluding steroid dienone is 1. The first-order chi connectivity index (χ1) is 8.80. The van der Waals surface area contributed by atoms with Crippen molar-refractivity contribution in [3.05, 3.63) is 35.1 Å². The summed E-state index contributed by atoms with van der Waals surface area (Å²) in [5.41, 5.74) is 5.49. The topological polar surface area (TPSA) is 63.4 Å². The number of benzene rings is 1. The molecule has 0 atom stereocenters. The lowest BCUT2D eigenvalue weighted by Gasteiger charge is -2.18.